The van der Waals surface area contributed by atoms with Crippen LogP contribution in [0.3, 0.4) is 0 Å². The van der Waals surface area contributed by atoms with Crippen LogP contribution in [0.5, 0.6) is 0 Å². The summed E-state index contributed by atoms with van der Waals surface area (Å²) in [6.07, 6.45) is -3.09. The van der Waals surface area contributed by atoms with Gasteiger partial charge in [0.15, 0.2) is 0 Å². The normalized spacial score (nSPS) is 12.5. The molecule has 0 unspecified atom stereocenters. The molecule has 1 aromatic carbocycles. The predicted molar refractivity (Wildman–Crippen MR) is 74.7 cm³/mol. The molecule has 22 heavy (non-hydrogen) atoms. The summed E-state index contributed by atoms with van der Waals surface area (Å²) in [5, 5.41) is 2.36. The number of nitrogens with one attached hydrogen (secondary N) is 1. The van der Waals surface area contributed by atoms with Crippen molar-refractivity contribution in [2.75, 3.05) is 6.54 Å². The van der Waals surface area contributed by atoms with Gasteiger partial charge in [-0.2, -0.15) is 13.2 Å². The molecular formula is C15H17F4NO2. The molecule has 0 saturated heterocycles. The lowest BCUT2D eigenvalue weighted by Crippen LogP contribution is -2.32. The van der Waals surface area contributed by atoms with Crippen LogP contribution >= 0.6 is 0 Å². The highest BCUT2D eigenvalue weighted by molar-refractivity contribution is 5.68. The average molecular weight is 319 g/mol. The van der Waals surface area contributed by atoms with E-state index in [9.17, 15) is 22.4 Å². The fourth-order valence-electron chi connectivity index (χ4n) is 1.62. The number of carbonyl (C=O) groups excluding carboxylic acids is 1. The summed E-state index contributed by atoms with van der Waals surface area (Å²) in [5.74, 6) is -1.34. The first kappa shape index (κ1) is 18.0. The van der Waals surface area contributed by atoms with Gasteiger partial charge >= 0.3 is 12.3 Å². The van der Waals surface area contributed by atoms with Crippen molar-refractivity contribution < 1.29 is 27.1 Å². The molecule has 7 heteroatoms. The Bertz CT molecular complexity index is 560. The highest BCUT2D eigenvalue weighted by atomic mass is 19.4. The first-order valence-electron chi connectivity index (χ1n) is 6.50. The summed E-state index contributed by atoms with van der Waals surface area (Å²) >= 11 is 0. The Kier molecular flexibility index (Phi) is 5.57. The largest absolute Gasteiger partial charge is 0.444 e. The number of benzene rings is 1. The fourth-order valence-corrected chi connectivity index (χ4v) is 1.62. The van der Waals surface area contributed by atoms with Gasteiger partial charge in [0, 0.05) is 6.54 Å². The van der Waals surface area contributed by atoms with Crippen molar-refractivity contribution in [3.8, 4) is 0 Å². The molecule has 3 nitrogen and oxygen atoms in total. The number of ether oxygens (including phenoxy) is 1. The summed E-state index contributed by atoms with van der Waals surface area (Å²) in [4.78, 5) is 11.3. The van der Waals surface area contributed by atoms with Crippen molar-refractivity contribution in [1.82, 2.24) is 5.32 Å². The lowest BCUT2D eigenvalue weighted by atomic mass is 10.1. The first-order valence-corrected chi connectivity index (χ1v) is 6.50. The molecule has 0 radical (unpaired) electrons. The number of rotatable bonds is 3. The predicted octanol–water partition coefficient (Wildman–Crippen LogP) is 4.38. The average Bonchev–Trinajstić information content (AvgIpc) is 2.30. The second kappa shape index (κ2) is 6.81. The molecule has 0 aromatic heterocycles. The highest BCUT2D eigenvalue weighted by Crippen LogP contribution is 2.34. The maximum Gasteiger partial charge on any atom is 0.419 e. The second-order valence-corrected chi connectivity index (χ2v) is 5.49. The second-order valence-electron chi connectivity index (χ2n) is 5.49. The number of hydrogen-bond donors (Lipinski definition) is 1. The summed E-state index contributed by atoms with van der Waals surface area (Å²) in [6, 6.07) is 3.08. The van der Waals surface area contributed by atoms with Gasteiger partial charge in [-0.05, 0) is 32.4 Å². The minimum atomic E-state index is -4.79. The van der Waals surface area contributed by atoms with E-state index in [1.54, 1.807) is 20.8 Å². The molecule has 1 aromatic rings. The molecule has 0 heterocycles. The van der Waals surface area contributed by atoms with Gasteiger partial charge in [0.05, 0.1) is 5.56 Å². The van der Waals surface area contributed by atoms with E-state index in [-0.39, 0.29) is 12.1 Å². The van der Waals surface area contributed by atoms with Crippen molar-refractivity contribution in [2.24, 2.45) is 0 Å². The Morgan fingerprint density at radius 3 is 2.45 bits per heavy atom. The summed E-state index contributed by atoms with van der Waals surface area (Å²) in [5.41, 5.74) is -2.30. The summed E-state index contributed by atoms with van der Waals surface area (Å²) in [7, 11) is 0. The van der Waals surface area contributed by atoms with Crippen molar-refractivity contribution in [1.29, 1.82) is 0 Å². The minimum Gasteiger partial charge on any atom is -0.444 e. The molecule has 0 saturated carbocycles. The Hall–Kier alpha value is -2.05. The van der Waals surface area contributed by atoms with Gasteiger partial charge in [0.1, 0.15) is 11.4 Å². The monoisotopic (exact) mass is 319 g/mol. The number of carbonyl (C=O) groups is 1. The molecule has 1 amide bonds. The third-order valence-electron chi connectivity index (χ3n) is 2.39. The number of halogens is 4. The third kappa shape index (κ3) is 5.75. The van der Waals surface area contributed by atoms with Crippen LogP contribution in [-0.4, -0.2) is 18.2 Å². The van der Waals surface area contributed by atoms with Crippen LogP contribution in [0.2, 0.25) is 0 Å². The third-order valence-corrected chi connectivity index (χ3v) is 2.39. The van der Waals surface area contributed by atoms with Crippen LogP contribution in [-0.2, 0) is 10.9 Å². The Morgan fingerprint density at radius 1 is 1.27 bits per heavy atom. The van der Waals surface area contributed by atoms with E-state index in [1.165, 1.54) is 12.1 Å². The standard InChI is InChI=1S/C15H17F4NO2/c1-14(2,3)22-13(21)20-9-5-7-10-6-4-8-11(16)12(10)15(17,18)19/h4-8H,9H2,1-3H3,(H,20,21). The molecule has 0 aliphatic heterocycles. The van der Waals surface area contributed by atoms with Crippen molar-refractivity contribution in [3.05, 3.63) is 41.2 Å². The first-order chi connectivity index (χ1) is 10.0. The van der Waals surface area contributed by atoms with Gasteiger partial charge in [-0.25, -0.2) is 9.18 Å². The Balaban J connectivity index is 2.72. The van der Waals surface area contributed by atoms with Crippen LogP contribution < -0.4 is 5.32 Å². The molecule has 0 aliphatic carbocycles. The van der Waals surface area contributed by atoms with Crippen LogP contribution in [0.15, 0.2) is 24.3 Å². The lowest BCUT2D eigenvalue weighted by molar-refractivity contribution is -0.140. The summed E-state index contributed by atoms with van der Waals surface area (Å²) in [6.45, 7) is 5.02. The van der Waals surface area contributed by atoms with Crippen LogP contribution in [0.1, 0.15) is 31.9 Å². The van der Waals surface area contributed by atoms with E-state index in [4.69, 9.17) is 4.74 Å². The number of hydrogen-bond acceptors (Lipinski definition) is 2. The van der Waals surface area contributed by atoms with Crippen molar-refractivity contribution >= 4 is 12.2 Å². The fraction of sp³-hybridized carbons (Fsp3) is 0.400. The van der Waals surface area contributed by atoms with Gasteiger partial charge in [0.25, 0.3) is 0 Å². The number of amides is 1. The van der Waals surface area contributed by atoms with Crippen LogP contribution in [0.25, 0.3) is 6.08 Å². The molecule has 1 N–H and O–H groups in total. The molecular weight excluding hydrogens is 302 g/mol. The zero-order valence-electron chi connectivity index (χ0n) is 12.4. The van der Waals surface area contributed by atoms with Crippen LogP contribution in [0.4, 0.5) is 22.4 Å². The smallest absolute Gasteiger partial charge is 0.419 e. The quantitative estimate of drug-likeness (QED) is 0.840. The van der Waals surface area contributed by atoms with Gasteiger partial charge in [-0.15, -0.1) is 0 Å². The maximum atomic E-state index is 13.3. The molecule has 122 valence electrons. The van der Waals surface area contributed by atoms with Gasteiger partial charge in [-0.3, -0.25) is 0 Å². The molecule has 0 atom stereocenters. The maximum absolute atomic E-state index is 13.3. The molecule has 0 bridgehead atoms. The zero-order chi connectivity index (χ0) is 17.0. The van der Waals surface area contributed by atoms with E-state index in [0.717, 1.165) is 18.2 Å². The van der Waals surface area contributed by atoms with Crippen molar-refractivity contribution in [3.63, 3.8) is 0 Å². The topological polar surface area (TPSA) is 38.3 Å². The van der Waals surface area contributed by atoms with E-state index in [0.29, 0.717) is 0 Å². The lowest BCUT2D eigenvalue weighted by Gasteiger charge is -2.19. The van der Waals surface area contributed by atoms with Crippen molar-refractivity contribution in [2.45, 2.75) is 32.5 Å². The minimum absolute atomic E-state index is 0.0390. The highest BCUT2D eigenvalue weighted by Gasteiger charge is 2.36. The Labute approximate surface area is 126 Å². The molecule has 0 fully saturated rings. The van der Waals surface area contributed by atoms with Gasteiger partial charge < -0.3 is 10.1 Å². The summed E-state index contributed by atoms with van der Waals surface area (Å²) < 4.78 is 56.6. The Morgan fingerprint density at radius 2 is 1.91 bits per heavy atom. The zero-order valence-corrected chi connectivity index (χ0v) is 12.4. The molecule has 0 aliphatic rings. The van der Waals surface area contributed by atoms with E-state index < -0.39 is 29.3 Å². The van der Waals surface area contributed by atoms with E-state index >= 15 is 0 Å². The van der Waals surface area contributed by atoms with E-state index in [2.05, 4.69) is 5.32 Å². The van der Waals surface area contributed by atoms with Gasteiger partial charge in [-0.1, -0.05) is 24.3 Å². The van der Waals surface area contributed by atoms with E-state index in [1.807, 2.05) is 0 Å². The SMILES string of the molecule is CC(C)(C)OC(=O)NCC=Cc1cccc(F)c1C(F)(F)F. The number of alkyl halides is 3. The van der Waals surface area contributed by atoms with Gasteiger partial charge in [0.2, 0.25) is 0 Å². The van der Waals surface area contributed by atoms with Crippen LogP contribution in [0, 0.1) is 5.82 Å². The molecule has 0 spiro atoms. The number of alkyl carbamates (subject to hydrolysis) is 1. The molecule has 1 rings (SSSR count).